The summed E-state index contributed by atoms with van der Waals surface area (Å²) in [6, 6.07) is 14.4. The van der Waals surface area contributed by atoms with Gasteiger partial charge in [-0.1, -0.05) is 18.2 Å². The zero-order valence-electron chi connectivity index (χ0n) is 17.6. The van der Waals surface area contributed by atoms with Crippen molar-refractivity contribution in [3.63, 3.8) is 0 Å². The van der Waals surface area contributed by atoms with Gasteiger partial charge in [-0.25, -0.2) is 13.8 Å². The number of nitrogens with zero attached hydrogens (tertiary/aromatic N) is 4. The predicted molar refractivity (Wildman–Crippen MR) is 117 cm³/mol. The van der Waals surface area contributed by atoms with Crippen LogP contribution >= 0.6 is 0 Å². The molecule has 0 radical (unpaired) electrons. The molecule has 166 valence electrons. The van der Waals surface area contributed by atoms with E-state index in [0.29, 0.717) is 5.52 Å². The van der Waals surface area contributed by atoms with E-state index in [1.165, 1.54) is 4.90 Å². The van der Waals surface area contributed by atoms with E-state index in [1.807, 2.05) is 24.3 Å². The molecule has 0 spiro atoms. The number of amides is 1. The van der Waals surface area contributed by atoms with Crippen molar-refractivity contribution in [2.45, 2.75) is 31.3 Å². The molecule has 1 amide bonds. The Kier molecular flexibility index (Phi) is 5.36. The Morgan fingerprint density at radius 2 is 1.88 bits per heavy atom. The Labute approximate surface area is 184 Å². The highest BCUT2D eigenvalue weighted by atomic mass is 19.3. The van der Waals surface area contributed by atoms with Crippen molar-refractivity contribution in [1.29, 1.82) is 0 Å². The lowest BCUT2D eigenvalue weighted by atomic mass is 10.0. The fourth-order valence-corrected chi connectivity index (χ4v) is 4.31. The maximum Gasteiger partial charge on any atom is 0.287 e. The lowest BCUT2D eigenvalue weighted by molar-refractivity contribution is -0.131. The molecule has 6 nitrogen and oxygen atoms in total. The highest BCUT2D eigenvalue weighted by Crippen LogP contribution is 2.32. The maximum absolute atomic E-state index is 14.7. The summed E-state index contributed by atoms with van der Waals surface area (Å²) < 4.78 is 34.9. The molecule has 0 bridgehead atoms. The highest BCUT2D eigenvalue weighted by Gasteiger charge is 2.47. The van der Waals surface area contributed by atoms with Crippen molar-refractivity contribution in [2.75, 3.05) is 31.1 Å². The van der Waals surface area contributed by atoms with Gasteiger partial charge >= 0.3 is 0 Å². The molecule has 2 aliphatic heterocycles. The van der Waals surface area contributed by atoms with Crippen LogP contribution in [0.4, 0.5) is 14.5 Å². The van der Waals surface area contributed by atoms with E-state index in [4.69, 9.17) is 4.74 Å². The van der Waals surface area contributed by atoms with Crippen LogP contribution in [0.2, 0.25) is 0 Å². The Balaban J connectivity index is 1.33. The number of piperidine rings is 1. The van der Waals surface area contributed by atoms with Gasteiger partial charge in [0.25, 0.3) is 11.8 Å². The SMILES string of the molecule is O=C(c1cc(N2CCCC2)ccn1)N1CCC(F)(F)C(Oc2ccc3ccccc3n2)C1. The molecule has 0 N–H and O–H groups in total. The molecule has 5 rings (SSSR count). The molecule has 4 heterocycles. The van der Waals surface area contributed by atoms with Crippen molar-refractivity contribution in [1.82, 2.24) is 14.9 Å². The lowest BCUT2D eigenvalue weighted by Crippen LogP contribution is -2.55. The zero-order chi connectivity index (χ0) is 22.1. The lowest BCUT2D eigenvalue weighted by Gasteiger charge is -2.37. The van der Waals surface area contributed by atoms with Gasteiger partial charge in [-0.05, 0) is 37.1 Å². The van der Waals surface area contributed by atoms with Gasteiger partial charge < -0.3 is 14.5 Å². The number of halogens is 2. The van der Waals surface area contributed by atoms with Crippen LogP contribution in [0.1, 0.15) is 29.8 Å². The summed E-state index contributed by atoms with van der Waals surface area (Å²) in [6.45, 7) is 1.62. The Hall–Kier alpha value is -3.29. The number of likely N-dealkylation sites (tertiary alicyclic amines) is 1. The zero-order valence-corrected chi connectivity index (χ0v) is 17.6. The topological polar surface area (TPSA) is 58.6 Å². The van der Waals surface area contributed by atoms with Crippen LogP contribution in [-0.2, 0) is 0 Å². The summed E-state index contributed by atoms with van der Waals surface area (Å²) in [6.07, 6.45) is 1.90. The fourth-order valence-electron chi connectivity index (χ4n) is 4.31. The number of ether oxygens (including phenoxy) is 1. The van der Waals surface area contributed by atoms with E-state index in [-0.39, 0.29) is 30.6 Å². The summed E-state index contributed by atoms with van der Waals surface area (Å²) >= 11 is 0. The molecule has 0 saturated carbocycles. The third kappa shape index (κ3) is 4.09. The number of aromatic nitrogens is 2. The number of benzene rings is 1. The van der Waals surface area contributed by atoms with Crippen molar-refractivity contribution in [3.8, 4) is 5.88 Å². The third-order valence-corrected chi connectivity index (χ3v) is 6.13. The van der Waals surface area contributed by atoms with Gasteiger partial charge in [-0.2, -0.15) is 0 Å². The summed E-state index contributed by atoms with van der Waals surface area (Å²) in [4.78, 5) is 25.2. The van der Waals surface area contributed by atoms with Gasteiger partial charge in [0.2, 0.25) is 5.88 Å². The van der Waals surface area contributed by atoms with Crippen LogP contribution in [0.15, 0.2) is 54.7 Å². The van der Waals surface area contributed by atoms with Crippen LogP contribution in [0.25, 0.3) is 10.9 Å². The monoisotopic (exact) mass is 438 g/mol. The number of rotatable bonds is 4. The Bertz CT molecular complexity index is 1130. The van der Waals surface area contributed by atoms with Gasteiger partial charge in [0, 0.05) is 49.4 Å². The maximum atomic E-state index is 14.7. The minimum absolute atomic E-state index is 0.0491. The Morgan fingerprint density at radius 3 is 2.72 bits per heavy atom. The number of carbonyl (C=O) groups is 1. The molecule has 2 fully saturated rings. The highest BCUT2D eigenvalue weighted by molar-refractivity contribution is 5.93. The first-order chi connectivity index (χ1) is 15.5. The van der Waals surface area contributed by atoms with Crippen LogP contribution in [0.5, 0.6) is 5.88 Å². The minimum atomic E-state index is -3.06. The Morgan fingerprint density at radius 1 is 1.06 bits per heavy atom. The number of alkyl halides is 2. The second-order valence-electron chi connectivity index (χ2n) is 8.30. The second-order valence-corrected chi connectivity index (χ2v) is 8.30. The van der Waals surface area contributed by atoms with Gasteiger partial charge in [-0.15, -0.1) is 0 Å². The van der Waals surface area contributed by atoms with Crippen LogP contribution in [0.3, 0.4) is 0 Å². The first-order valence-electron chi connectivity index (χ1n) is 10.9. The standard InChI is InChI=1S/C24H24F2N4O2/c25-24(26)10-14-30(23(31)20-15-18(9-11-27-20)29-12-3-4-13-29)16-21(24)32-22-8-7-17-5-1-2-6-19(17)28-22/h1-2,5-9,11,15,21H,3-4,10,12-14,16H2. The van der Waals surface area contributed by atoms with E-state index in [1.54, 1.807) is 30.5 Å². The number of carbonyl (C=O) groups excluding carboxylic acids is 1. The fraction of sp³-hybridized carbons (Fsp3) is 0.375. The molecule has 2 aromatic heterocycles. The van der Waals surface area contributed by atoms with Gasteiger partial charge in [-0.3, -0.25) is 9.78 Å². The molecular weight excluding hydrogens is 414 g/mol. The molecular formula is C24H24F2N4O2. The molecule has 2 aliphatic rings. The smallest absolute Gasteiger partial charge is 0.287 e. The van der Waals surface area contributed by atoms with Crippen LogP contribution < -0.4 is 9.64 Å². The number of fused-ring (bicyclic) bond motifs is 1. The number of hydrogen-bond donors (Lipinski definition) is 0. The van der Waals surface area contributed by atoms with Gasteiger partial charge in [0.05, 0.1) is 12.1 Å². The normalized spacial score (nSPS) is 20.5. The predicted octanol–water partition coefficient (Wildman–Crippen LogP) is 4.16. The van der Waals surface area contributed by atoms with E-state index >= 15 is 0 Å². The molecule has 3 aromatic rings. The summed E-state index contributed by atoms with van der Waals surface area (Å²) in [5.41, 5.74) is 1.87. The van der Waals surface area contributed by atoms with Crippen molar-refractivity contribution < 1.29 is 18.3 Å². The number of para-hydroxylation sites is 1. The van der Waals surface area contributed by atoms with Gasteiger partial charge in [0.15, 0.2) is 6.10 Å². The first-order valence-corrected chi connectivity index (χ1v) is 10.9. The number of hydrogen-bond acceptors (Lipinski definition) is 5. The van der Waals surface area contributed by atoms with E-state index in [0.717, 1.165) is 37.0 Å². The quantitative estimate of drug-likeness (QED) is 0.612. The van der Waals surface area contributed by atoms with E-state index in [2.05, 4.69) is 14.9 Å². The number of anilines is 1. The molecule has 1 unspecified atom stereocenters. The van der Waals surface area contributed by atoms with E-state index in [9.17, 15) is 13.6 Å². The average molecular weight is 438 g/mol. The molecule has 2 saturated heterocycles. The summed E-state index contributed by atoms with van der Waals surface area (Å²) in [5.74, 6) is -3.30. The van der Waals surface area contributed by atoms with Crippen molar-refractivity contribution in [2.24, 2.45) is 0 Å². The molecule has 0 aliphatic carbocycles. The average Bonchev–Trinajstić information content (AvgIpc) is 3.35. The van der Waals surface area contributed by atoms with Crippen LogP contribution in [-0.4, -0.2) is 59.0 Å². The van der Waals surface area contributed by atoms with Crippen molar-refractivity contribution >= 4 is 22.5 Å². The first kappa shape index (κ1) is 20.6. The third-order valence-electron chi connectivity index (χ3n) is 6.13. The molecule has 8 heteroatoms. The van der Waals surface area contributed by atoms with Gasteiger partial charge in [0.1, 0.15) is 5.69 Å². The van der Waals surface area contributed by atoms with E-state index < -0.39 is 18.4 Å². The van der Waals surface area contributed by atoms with Crippen LogP contribution in [0, 0.1) is 0 Å². The molecule has 1 aromatic carbocycles. The van der Waals surface area contributed by atoms with Crippen molar-refractivity contribution in [3.05, 3.63) is 60.4 Å². The summed E-state index contributed by atoms with van der Waals surface area (Å²) in [7, 11) is 0. The largest absolute Gasteiger partial charge is 0.466 e. The summed E-state index contributed by atoms with van der Waals surface area (Å²) in [5, 5.41) is 0.899. The second kappa shape index (κ2) is 8.33. The number of pyridine rings is 2. The minimum Gasteiger partial charge on any atom is -0.466 e. The molecule has 32 heavy (non-hydrogen) atoms. The molecule has 1 atom stereocenters.